The molecular weight excluding hydrogens is 462 g/mol. The fourth-order valence-corrected chi connectivity index (χ4v) is 2.44. The van der Waals surface area contributed by atoms with Gasteiger partial charge in [-0.15, -0.1) is 24.0 Å². The Balaban J connectivity index is 0.00000338. The Hall–Kier alpha value is -1.07. The van der Waals surface area contributed by atoms with Crippen molar-refractivity contribution < 1.29 is 22.6 Å². The van der Waals surface area contributed by atoms with Crippen LogP contribution >= 0.6 is 24.0 Å². The third kappa shape index (κ3) is 8.09. The van der Waals surface area contributed by atoms with Gasteiger partial charge in [0.25, 0.3) is 0 Å². The lowest BCUT2D eigenvalue weighted by Gasteiger charge is -2.14. The number of nitrogens with one attached hydrogen (secondary N) is 2. The van der Waals surface area contributed by atoms with Gasteiger partial charge in [0, 0.05) is 33.4 Å². The highest BCUT2D eigenvalue weighted by molar-refractivity contribution is 14.0. The van der Waals surface area contributed by atoms with Crippen LogP contribution in [0.15, 0.2) is 29.3 Å². The molecule has 0 spiro atoms. The third-order valence-corrected chi connectivity index (χ3v) is 3.79. The molecule has 9 heteroatoms. The number of nitrogens with zero attached hydrogens (tertiary/aromatic N) is 1. The minimum absolute atomic E-state index is 0. The highest BCUT2D eigenvalue weighted by Crippen LogP contribution is 2.29. The average Bonchev–Trinajstić information content (AvgIpc) is 3.10. The van der Waals surface area contributed by atoms with Crippen molar-refractivity contribution in [2.45, 2.75) is 31.7 Å². The number of alkyl halides is 3. The first kappa shape index (κ1) is 23.0. The van der Waals surface area contributed by atoms with Gasteiger partial charge in [0.1, 0.15) is 0 Å². The highest BCUT2D eigenvalue weighted by Gasteiger charge is 2.30. The van der Waals surface area contributed by atoms with Crippen molar-refractivity contribution in [3.63, 3.8) is 0 Å². The van der Waals surface area contributed by atoms with Crippen molar-refractivity contribution >= 4 is 29.9 Å². The molecule has 1 heterocycles. The molecule has 2 N–H and O–H groups in total. The van der Waals surface area contributed by atoms with E-state index < -0.39 is 11.7 Å². The van der Waals surface area contributed by atoms with Crippen molar-refractivity contribution in [3.05, 3.63) is 35.4 Å². The first-order chi connectivity index (χ1) is 12.0. The standard InChI is InChI=1S/C17H24F3N3O2.HI/c1-21-16(22-7-3-8-25-15-6-9-24-12-15)23-11-13-4-2-5-14(10-13)17(18,19)20;/h2,4-5,10,15H,3,6-9,11-12H2,1H3,(H2,21,22,23);1H. The molecule has 0 saturated carbocycles. The lowest BCUT2D eigenvalue weighted by Crippen LogP contribution is -2.37. The van der Waals surface area contributed by atoms with Crippen LogP contribution in [0.1, 0.15) is 24.0 Å². The van der Waals surface area contributed by atoms with Crippen LogP contribution in [0.2, 0.25) is 0 Å². The van der Waals surface area contributed by atoms with Crippen molar-refractivity contribution in [1.82, 2.24) is 10.6 Å². The Kier molecular flexibility index (Phi) is 10.3. The predicted octanol–water partition coefficient (Wildman–Crippen LogP) is 3.18. The zero-order chi connectivity index (χ0) is 18.1. The molecule has 1 saturated heterocycles. The molecular formula is C17H25F3IN3O2. The summed E-state index contributed by atoms with van der Waals surface area (Å²) in [5, 5.41) is 6.12. The summed E-state index contributed by atoms with van der Waals surface area (Å²) in [4.78, 5) is 4.06. The highest BCUT2D eigenvalue weighted by atomic mass is 127. The molecule has 1 aliphatic heterocycles. The molecule has 1 aromatic rings. The maximum atomic E-state index is 12.7. The maximum absolute atomic E-state index is 12.7. The van der Waals surface area contributed by atoms with Crippen molar-refractivity contribution in [2.24, 2.45) is 4.99 Å². The van der Waals surface area contributed by atoms with Gasteiger partial charge >= 0.3 is 6.18 Å². The van der Waals surface area contributed by atoms with Gasteiger partial charge in [0.2, 0.25) is 0 Å². The molecule has 0 radical (unpaired) electrons. The third-order valence-electron chi connectivity index (χ3n) is 3.79. The van der Waals surface area contributed by atoms with Crippen LogP contribution in [0.5, 0.6) is 0 Å². The SMILES string of the molecule is CN=C(NCCCOC1CCOC1)NCc1cccc(C(F)(F)F)c1.I. The van der Waals surface area contributed by atoms with Crippen LogP contribution in [0.4, 0.5) is 13.2 Å². The molecule has 148 valence electrons. The Morgan fingerprint density at radius 1 is 1.35 bits per heavy atom. The molecule has 1 fully saturated rings. The van der Waals surface area contributed by atoms with Crippen molar-refractivity contribution in [2.75, 3.05) is 33.4 Å². The Labute approximate surface area is 168 Å². The lowest BCUT2D eigenvalue weighted by atomic mass is 10.1. The van der Waals surface area contributed by atoms with Crippen molar-refractivity contribution in [1.29, 1.82) is 0 Å². The summed E-state index contributed by atoms with van der Waals surface area (Å²) in [5.74, 6) is 0.543. The van der Waals surface area contributed by atoms with E-state index in [1.807, 2.05) is 0 Å². The van der Waals surface area contributed by atoms with Crippen LogP contribution in [0.25, 0.3) is 0 Å². The zero-order valence-electron chi connectivity index (χ0n) is 14.6. The lowest BCUT2D eigenvalue weighted by molar-refractivity contribution is -0.137. The summed E-state index contributed by atoms with van der Waals surface area (Å²) >= 11 is 0. The first-order valence-corrected chi connectivity index (χ1v) is 8.29. The van der Waals surface area contributed by atoms with E-state index >= 15 is 0 Å². The van der Waals surface area contributed by atoms with Crippen LogP contribution in [0.3, 0.4) is 0 Å². The number of halogens is 4. The van der Waals surface area contributed by atoms with E-state index in [9.17, 15) is 13.2 Å². The van der Waals surface area contributed by atoms with E-state index in [0.717, 1.165) is 31.6 Å². The smallest absolute Gasteiger partial charge is 0.379 e. The number of ether oxygens (including phenoxy) is 2. The zero-order valence-corrected chi connectivity index (χ0v) is 17.0. The Morgan fingerprint density at radius 3 is 2.81 bits per heavy atom. The second kappa shape index (κ2) is 11.6. The van der Waals surface area contributed by atoms with E-state index in [0.29, 0.717) is 31.3 Å². The summed E-state index contributed by atoms with van der Waals surface area (Å²) in [6.45, 7) is 2.98. The Bertz CT molecular complexity index is 564. The van der Waals surface area contributed by atoms with E-state index in [1.165, 1.54) is 6.07 Å². The summed E-state index contributed by atoms with van der Waals surface area (Å²) in [7, 11) is 1.62. The minimum Gasteiger partial charge on any atom is -0.379 e. The van der Waals surface area contributed by atoms with Gasteiger partial charge in [-0.05, 0) is 30.5 Å². The molecule has 2 rings (SSSR count). The Morgan fingerprint density at radius 2 is 2.15 bits per heavy atom. The quantitative estimate of drug-likeness (QED) is 0.269. The van der Waals surface area contributed by atoms with E-state index in [-0.39, 0.29) is 36.6 Å². The molecule has 26 heavy (non-hydrogen) atoms. The number of rotatable bonds is 7. The summed E-state index contributed by atoms with van der Waals surface area (Å²) in [6, 6.07) is 5.25. The summed E-state index contributed by atoms with van der Waals surface area (Å²) in [6.07, 6.45) is -2.40. The summed E-state index contributed by atoms with van der Waals surface area (Å²) in [5.41, 5.74) is -0.106. The van der Waals surface area contributed by atoms with Crippen LogP contribution < -0.4 is 10.6 Å². The topological polar surface area (TPSA) is 54.9 Å². The van der Waals surface area contributed by atoms with E-state index in [2.05, 4.69) is 15.6 Å². The second-order valence-electron chi connectivity index (χ2n) is 5.76. The molecule has 1 aliphatic rings. The first-order valence-electron chi connectivity index (χ1n) is 8.29. The molecule has 1 unspecified atom stereocenters. The molecule has 0 bridgehead atoms. The van der Waals surface area contributed by atoms with Crippen LogP contribution in [-0.2, 0) is 22.2 Å². The molecule has 0 aromatic heterocycles. The number of aliphatic imine (C=N–C) groups is 1. The van der Waals surface area contributed by atoms with E-state index in [4.69, 9.17) is 9.47 Å². The fraction of sp³-hybridized carbons (Fsp3) is 0.588. The summed E-state index contributed by atoms with van der Waals surface area (Å²) < 4.78 is 49.0. The molecule has 5 nitrogen and oxygen atoms in total. The van der Waals surface area contributed by atoms with Crippen LogP contribution in [-0.4, -0.2) is 45.5 Å². The van der Waals surface area contributed by atoms with Gasteiger partial charge in [0.15, 0.2) is 5.96 Å². The second-order valence-corrected chi connectivity index (χ2v) is 5.76. The fourth-order valence-electron chi connectivity index (χ4n) is 2.44. The van der Waals surface area contributed by atoms with Gasteiger partial charge in [0.05, 0.1) is 18.3 Å². The van der Waals surface area contributed by atoms with Gasteiger partial charge in [-0.3, -0.25) is 4.99 Å². The van der Waals surface area contributed by atoms with Gasteiger partial charge < -0.3 is 20.1 Å². The largest absolute Gasteiger partial charge is 0.416 e. The maximum Gasteiger partial charge on any atom is 0.416 e. The predicted molar refractivity (Wildman–Crippen MR) is 105 cm³/mol. The van der Waals surface area contributed by atoms with Gasteiger partial charge in [-0.1, -0.05) is 12.1 Å². The van der Waals surface area contributed by atoms with Gasteiger partial charge in [-0.25, -0.2) is 0 Å². The van der Waals surface area contributed by atoms with Crippen LogP contribution in [0, 0.1) is 0 Å². The monoisotopic (exact) mass is 487 g/mol. The average molecular weight is 487 g/mol. The number of hydrogen-bond acceptors (Lipinski definition) is 3. The number of hydrogen-bond donors (Lipinski definition) is 2. The van der Waals surface area contributed by atoms with Crippen molar-refractivity contribution in [3.8, 4) is 0 Å². The molecule has 0 amide bonds. The number of guanidine groups is 1. The molecule has 1 aromatic carbocycles. The molecule has 1 atom stereocenters. The molecule has 0 aliphatic carbocycles. The van der Waals surface area contributed by atoms with E-state index in [1.54, 1.807) is 13.1 Å². The van der Waals surface area contributed by atoms with Gasteiger partial charge in [-0.2, -0.15) is 13.2 Å². The minimum atomic E-state index is -4.33. The number of benzene rings is 1. The normalized spacial score (nSPS) is 17.7.